The number of H-pyrrole nitrogens is 1. The zero-order valence-corrected chi connectivity index (χ0v) is 14.3. The van der Waals surface area contributed by atoms with Gasteiger partial charge in [0.25, 0.3) is 5.56 Å². The van der Waals surface area contributed by atoms with Gasteiger partial charge in [-0.25, -0.2) is 13.4 Å². The summed E-state index contributed by atoms with van der Waals surface area (Å²) in [6, 6.07) is 9.49. The molecule has 1 aliphatic heterocycles. The highest BCUT2D eigenvalue weighted by molar-refractivity contribution is 7.89. The van der Waals surface area contributed by atoms with Crippen LogP contribution in [0.3, 0.4) is 0 Å². The van der Waals surface area contributed by atoms with E-state index in [1.165, 1.54) is 21.0 Å². The van der Waals surface area contributed by atoms with Crippen molar-refractivity contribution < 1.29 is 8.42 Å². The summed E-state index contributed by atoms with van der Waals surface area (Å²) in [7, 11) is -3.63. The Kier molecular flexibility index (Phi) is 3.93. The van der Waals surface area contributed by atoms with E-state index in [-0.39, 0.29) is 10.5 Å². The van der Waals surface area contributed by atoms with Crippen LogP contribution in [-0.4, -0.2) is 33.6 Å². The molecule has 3 aromatic rings. The van der Waals surface area contributed by atoms with Crippen molar-refractivity contribution in [2.24, 2.45) is 0 Å². The topological polar surface area (TPSA) is 87.5 Å². The summed E-state index contributed by atoms with van der Waals surface area (Å²) in [6.45, 7) is 0.434. The van der Waals surface area contributed by atoms with Gasteiger partial charge < -0.3 is 4.98 Å². The first-order chi connectivity index (χ1) is 12.1. The van der Waals surface area contributed by atoms with Crippen molar-refractivity contribution in [2.45, 2.75) is 30.2 Å². The van der Waals surface area contributed by atoms with E-state index in [1.807, 2.05) is 0 Å². The first-order valence-electron chi connectivity index (χ1n) is 8.20. The van der Waals surface area contributed by atoms with Gasteiger partial charge in [0, 0.05) is 30.7 Å². The van der Waals surface area contributed by atoms with Gasteiger partial charge in [-0.3, -0.25) is 9.20 Å². The second kappa shape index (κ2) is 6.12. The van der Waals surface area contributed by atoms with E-state index in [9.17, 15) is 13.2 Å². The fourth-order valence-corrected chi connectivity index (χ4v) is 5.05. The highest BCUT2D eigenvalue weighted by atomic mass is 32.2. The summed E-state index contributed by atoms with van der Waals surface area (Å²) in [5.41, 5.74) is 0.367. The van der Waals surface area contributed by atoms with Gasteiger partial charge in [0.2, 0.25) is 15.8 Å². The molecule has 0 bridgehead atoms. The van der Waals surface area contributed by atoms with Crippen molar-refractivity contribution >= 4 is 15.8 Å². The Balaban J connectivity index is 1.80. The van der Waals surface area contributed by atoms with Gasteiger partial charge in [-0.2, -0.15) is 4.31 Å². The maximum Gasteiger partial charge on any atom is 0.259 e. The van der Waals surface area contributed by atoms with Crippen molar-refractivity contribution in [2.75, 3.05) is 6.54 Å². The average molecular weight is 358 g/mol. The molecule has 0 radical (unpaired) electrons. The monoisotopic (exact) mass is 358 g/mol. The molecule has 0 aliphatic carbocycles. The lowest BCUT2D eigenvalue weighted by molar-refractivity contribution is 0.251. The predicted octanol–water partition coefficient (Wildman–Crippen LogP) is 1.94. The molecule has 1 atom stereocenters. The molecule has 4 rings (SSSR count). The molecular formula is C17H18N4O3S. The lowest BCUT2D eigenvalue weighted by atomic mass is 10.0. The smallest absolute Gasteiger partial charge is 0.259 e. The van der Waals surface area contributed by atoms with Gasteiger partial charge in [0.05, 0.1) is 10.9 Å². The number of hydrogen-bond acceptors (Lipinski definition) is 4. The van der Waals surface area contributed by atoms with Crippen LogP contribution in [0.5, 0.6) is 0 Å². The zero-order valence-electron chi connectivity index (χ0n) is 13.5. The van der Waals surface area contributed by atoms with Crippen LogP contribution in [0.15, 0.2) is 58.5 Å². The van der Waals surface area contributed by atoms with Crippen LogP contribution in [-0.2, 0) is 10.0 Å². The van der Waals surface area contributed by atoms with Crippen LogP contribution in [0, 0.1) is 0 Å². The number of benzene rings is 1. The Hall–Kier alpha value is -2.45. The Morgan fingerprint density at radius 1 is 1.16 bits per heavy atom. The molecule has 25 heavy (non-hydrogen) atoms. The van der Waals surface area contributed by atoms with E-state index in [1.54, 1.807) is 36.5 Å². The van der Waals surface area contributed by atoms with Gasteiger partial charge in [-0.1, -0.05) is 24.6 Å². The molecule has 1 aromatic carbocycles. The van der Waals surface area contributed by atoms with Crippen molar-refractivity contribution in [3.8, 4) is 0 Å². The van der Waals surface area contributed by atoms with Gasteiger partial charge in [-0.05, 0) is 25.0 Å². The van der Waals surface area contributed by atoms with Crippen LogP contribution < -0.4 is 5.56 Å². The maximum absolute atomic E-state index is 13.1. The highest BCUT2D eigenvalue weighted by Crippen LogP contribution is 2.34. The number of piperidine rings is 1. The predicted molar refractivity (Wildman–Crippen MR) is 92.7 cm³/mol. The van der Waals surface area contributed by atoms with E-state index in [0.717, 1.165) is 12.8 Å². The number of imidazole rings is 1. The summed E-state index contributed by atoms with van der Waals surface area (Å²) in [4.78, 5) is 19.8. The largest absolute Gasteiger partial charge is 0.327 e. The number of rotatable bonds is 3. The van der Waals surface area contributed by atoms with Gasteiger partial charge in [0.15, 0.2) is 0 Å². The second-order valence-electron chi connectivity index (χ2n) is 6.12. The molecule has 1 unspecified atom stereocenters. The molecule has 1 saturated heterocycles. The highest BCUT2D eigenvalue weighted by Gasteiger charge is 2.35. The van der Waals surface area contributed by atoms with Gasteiger partial charge >= 0.3 is 0 Å². The van der Waals surface area contributed by atoms with E-state index in [4.69, 9.17) is 0 Å². The molecule has 2 aromatic heterocycles. The van der Waals surface area contributed by atoms with Crippen molar-refractivity contribution in [3.63, 3.8) is 0 Å². The minimum Gasteiger partial charge on any atom is -0.327 e. The SMILES string of the molecule is O=c1cc(C2CCCCN2S(=O)(=O)c2ccccc2)[nH]c2nccn12. The van der Waals surface area contributed by atoms with Crippen LogP contribution in [0.25, 0.3) is 5.78 Å². The lowest BCUT2D eigenvalue weighted by Crippen LogP contribution is -2.39. The third-order valence-electron chi connectivity index (χ3n) is 4.58. The fraction of sp³-hybridized carbons (Fsp3) is 0.294. The third-order valence-corrected chi connectivity index (χ3v) is 6.50. The number of fused-ring (bicyclic) bond motifs is 1. The first kappa shape index (κ1) is 16.0. The molecule has 1 fully saturated rings. The summed E-state index contributed by atoms with van der Waals surface area (Å²) in [5, 5.41) is 0. The molecule has 0 saturated carbocycles. The molecule has 7 nitrogen and oxygen atoms in total. The van der Waals surface area contributed by atoms with Crippen molar-refractivity contribution in [1.29, 1.82) is 0 Å². The number of nitrogens with zero attached hydrogens (tertiary/aromatic N) is 3. The molecule has 0 amide bonds. The Morgan fingerprint density at radius 2 is 1.96 bits per heavy atom. The number of hydrogen-bond donors (Lipinski definition) is 1. The molecule has 130 valence electrons. The van der Waals surface area contributed by atoms with Crippen LogP contribution >= 0.6 is 0 Å². The van der Waals surface area contributed by atoms with Crippen LogP contribution in [0.1, 0.15) is 31.0 Å². The minimum atomic E-state index is -3.63. The van der Waals surface area contributed by atoms with Crippen molar-refractivity contribution in [3.05, 3.63) is 64.8 Å². The van der Waals surface area contributed by atoms with E-state index < -0.39 is 16.1 Å². The molecular weight excluding hydrogens is 340 g/mol. The van der Waals surface area contributed by atoms with Crippen LogP contribution in [0.4, 0.5) is 0 Å². The third kappa shape index (κ3) is 2.77. The van der Waals surface area contributed by atoms with Crippen molar-refractivity contribution in [1.82, 2.24) is 18.7 Å². The van der Waals surface area contributed by atoms with Gasteiger partial charge in [-0.15, -0.1) is 0 Å². The maximum atomic E-state index is 13.1. The first-order valence-corrected chi connectivity index (χ1v) is 9.64. The number of aromatic amines is 1. The summed E-state index contributed by atoms with van der Waals surface area (Å²) < 4.78 is 29.1. The molecule has 1 aliphatic rings. The van der Waals surface area contributed by atoms with Gasteiger partial charge in [0.1, 0.15) is 0 Å². The second-order valence-corrected chi connectivity index (χ2v) is 8.01. The zero-order chi connectivity index (χ0) is 17.4. The quantitative estimate of drug-likeness (QED) is 0.775. The normalized spacial score (nSPS) is 19.3. The Labute approximate surface area is 145 Å². The molecule has 8 heteroatoms. The standard InChI is InChI=1S/C17H18N4O3S/c22-16-12-14(19-17-18-9-11-20(16)17)15-8-4-5-10-21(15)25(23,24)13-6-2-1-3-7-13/h1-3,6-7,9,11-12,15H,4-5,8,10H2,(H,18,19). The number of nitrogens with one attached hydrogen (secondary N) is 1. The van der Waals surface area contributed by atoms with E-state index in [2.05, 4.69) is 9.97 Å². The minimum absolute atomic E-state index is 0.219. The number of aromatic nitrogens is 3. The average Bonchev–Trinajstić information content (AvgIpc) is 3.12. The lowest BCUT2D eigenvalue weighted by Gasteiger charge is -2.34. The molecule has 3 heterocycles. The van der Waals surface area contributed by atoms with E-state index >= 15 is 0 Å². The molecule has 0 spiro atoms. The summed E-state index contributed by atoms with van der Waals surface area (Å²) in [6.07, 6.45) is 5.50. The number of sulfonamides is 1. The fourth-order valence-electron chi connectivity index (χ4n) is 3.35. The Bertz CT molecular complexity index is 1060. The van der Waals surface area contributed by atoms with E-state index in [0.29, 0.717) is 24.4 Å². The summed E-state index contributed by atoms with van der Waals surface area (Å²) in [5.74, 6) is 0.421. The van der Waals surface area contributed by atoms with Crippen LogP contribution in [0.2, 0.25) is 0 Å². The molecule has 1 N–H and O–H groups in total. The Morgan fingerprint density at radius 3 is 2.76 bits per heavy atom. The summed E-state index contributed by atoms with van der Waals surface area (Å²) >= 11 is 0.